The highest BCUT2D eigenvalue weighted by molar-refractivity contribution is 6.30. The molecule has 112 valence electrons. The van der Waals surface area contributed by atoms with Crippen molar-refractivity contribution in [1.82, 2.24) is 4.90 Å². The molecule has 4 nitrogen and oxygen atoms in total. The molecule has 2 fully saturated rings. The van der Waals surface area contributed by atoms with Crippen molar-refractivity contribution in [3.05, 3.63) is 34.9 Å². The van der Waals surface area contributed by atoms with Gasteiger partial charge in [-0.1, -0.05) is 30.2 Å². The number of hydrogen-bond acceptors (Lipinski definition) is 2. The molecule has 1 amide bonds. The maximum Gasteiger partial charge on any atom is 0.308 e. The van der Waals surface area contributed by atoms with Crippen LogP contribution in [-0.2, 0) is 9.59 Å². The lowest BCUT2D eigenvalue weighted by Gasteiger charge is -2.29. The van der Waals surface area contributed by atoms with E-state index in [0.717, 1.165) is 24.8 Å². The summed E-state index contributed by atoms with van der Waals surface area (Å²) in [5, 5.41) is 10.1. The first-order valence-electron chi connectivity index (χ1n) is 7.33. The van der Waals surface area contributed by atoms with Crippen molar-refractivity contribution >= 4 is 23.5 Å². The molecule has 1 aromatic carbocycles. The second kappa shape index (κ2) is 5.68. The van der Waals surface area contributed by atoms with Crippen molar-refractivity contribution in [3.63, 3.8) is 0 Å². The first kappa shape index (κ1) is 14.4. The van der Waals surface area contributed by atoms with Gasteiger partial charge in [0.25, 0.3) is 0 Å². The fourth-order valence-corrected chi connectivity index (χ4v) is 3.32. The zero-order valence-electron chi connectivity index (χ0n) is 11.7. The van der Waals surface area contributed by atoms with Crippen LogP contribution in [0, 0.1) is 11.8 Å². The molecule has 0 radical (unpaired) electrons. The average Bonchev–Trinajstić information content (AvgIpc) is 2.82. The molecule has 0 unspecified atom stereocenters. The molecule has 0 bridgehead atoms. The fourth-order valence-electron chi connectivity index (χ4n) is 3.20. The van der Waals surface area contributed by atoms with Crippen LogP contribution in [-0.4, -0.2) is 35.0 Å². The van der Waals surface area contributed by atoms with Gasteiger partial charge in [-0.25, -0.2) is 0 Å². The molecule has 0 aromatic heterocycles. The summed E-state index contributed by atoms with van der Waals surface area (Å²) in [6.45, 7) is 0.811. The van der Waals surface area contributed by atoms with Crippen molar-refractivity contribution in [1.29, 1.82) is 0 Å². The SMILES string of the molecule is O=C(O)[C@@H]1CN(C(=O)C2CCC2)C[C@H]1c1ccc(Cl)cc1. The molecule has 1 aliphatic heterocycles. The summed E-state index contributed by atoms with van der Waals surface area (Å²) >= 11 is 5.88. The zero-order chi connectivity index (χ0) is 15.0. The lowest BCUT2D eigenvalue weighted by molar-refractivity contribution is -0.142. The third kappa shape index (κ3) is 2.77. The molecule has 1 aromatic rings. The normalized spacial score (nSPS) is 25.7. The Balaban J connectivity index is 1.79. The number of aliphatic carboxylic acids is 1. The highest BCUT2D eigenvalue weighted by atomic mass is 35.5. The Morgan fingerprint density at radius 2 is 1.81 bits per heavy atom. The number of nitrogens with zero attached hydrogens (tertiary/aromatic N) is 1. The van der Waals surface area contributed by atoms with Gasteiger partial charge in [-0.3, -0.25) is 9.59 Å². The Bertz CT molecular complexity index is 553. The van der Waals surface area contributed by atoms with Gasteiger partial charge in [0.1, 0.15) is 0 Å². The average molecular weight is 308 g/mol. The second-order valence-corrected chi connectivity index (χ2v) is 6.41. The summed E-state index contributed by atoms with van der Waals surface area (Å²) in [5.41, 5.74) is 0.940. The molecule has 1 saturated heterocycles. The maximum atomic E-state index is 12.3. The van der Waals surface area contributed by atoms with E-state index in [2.05, 4.69) is 0 Å². The summed E-state index contributed by atoms with van der Waals surface area (Å²) in [6.07, 6.45) is 2.99. The highest BCUT2D eigenvalue weighted by Crippen LogP contribution is 2.36. The molecule has 1 heterocycles. The van der Waals surface area contributed by atoms with E-state index in [-0.39, 0.29) is 17.7 Å². The molecular formula is C16H18ClNO3. The largest absolute Gasteiger partial charge is 0.481 e. The number of likely N-dealkylation sites (tertiary alicyclic amines) is 1. The van der Waals surface area contributed by atoms with Crippen molar-refractivity contribution < 1.29 is 14.7 Å². The van der Waals surface area contributed by atoms with E-state index >= 15 is 0 Å². The monoisotopic (exact) mass is 307 g/mol. The Labute approximate surface area is 128 Å². The number of rotatable bonds is 3. The second-order valence-electron chi connectivity index (χ2n) is 5.97. The van der Waals surface area contributed by atoms with E-state index in [1.54, 1.807) is 17.0 Å². The predicted octanol–water partition coefficient (Wildman–Crippen LogP) is 2.77. The van der Waals surface area contributed by atoms with Crippen LogP contribution >= 0.6 is 11.6 Å². The van der Waals surface area contributed by atoms with Gasteiger partial charge in [0.15, 0.2) is 0 Å². The first-order valence-corrected chi connectivity index (χ1v) is 7.71. The molecule has 2 atom stereocenters. The molecular weight excluding hydrogens is 290 g/mol. The van der Waals surface area contributed by atoms with Crippen molar-refractivity contribution in [2.75, 3.05) is 13.1 Å². The third-order valence-electron chi connectivity index (χ3n) is 4.70. The van der Waals surface area contributed by atoms with Gasteiger partial charge in [-0.2, -0.15) is 0 Å². The number of amides is 1. The Hall–Kier alpha value is -1.55. The Morgan fingerprint density at radius 3 is 2.33 bits per heavy atom. The van der Waals surface area contributed by atoms with Crippen LogP contribution in [0.1, 0.15) is 30.7 Å². The summed E-state index contributed by atoms with van der Waals surface area (Å²) in [5.74, 6) is -1.27. The van der Waals surface area contributed by atoms with Gasteiger partial charge in [0.2, 0.25) is 5.91 Å². The van der Waals surface area contributed by atoms with Crippen LogP contribution in [0.25, 0.3) is 0 Å². The number of carbonyl (C=O) groups is 2. The van der Waals surface area contributed by atoms with E-state index in [4.69, 9.17) is 11.6 Å². The number of carboxylic acids is 1. The molecule has 1 N–H and O–H groups in total. The minimum atomic E-state index is -0.834. The third-order valence-corrected chi connectivity index (χ3v) is 4.95. The lowest BCUT2D eigenvalue weighted by Crippen LogP contribution is -2.37. The van der Waals surface area contributed by atoms with Crippen LogP contribution in [0.3, 0.4) is 0 Å². The first-order chi connectivity index (χ1) is 10.1. The molecule has 0 spiro atoms. The topological polar surface area (TPSA) is 57.6 Å². The minimum absolute atomic E-state index is 0.114. The number of carbonyl (C=O) groups excluding carboxylic acids is 1. The number of hydrogen-bond donors (Lipinski definition) is 1. The molecule has 5 heteroatoms. The van der Waals surface area contributed by atoms with Crippen LogP contribution in [0.5, 0.6) is 0 Å². The van der Waals surface area contributed by atoms with Crippen LogP contribution in [0.2, 0.25) is 5.02 Å². The zero-order valence-corrected chi connectivity index (χ0v) is 12.4. The molecule has 3 rings (SSSR count). The van der Waals surface area contributed by atoms with E-state index in [9.17, 15) is 14.7 Å². The van der Waals surface area contributed by atoms with Gasteiger partial charge in [-0.15, -0.1) is 0 Å². The molecule has 1 saturated carbocycles. The smallest absolute Gasteiger partial charge is 0.308 e. The van der Waals surface area contributed by atoms with E-state index in [0.29, 0.717) is 18.1 Å². The molecule has 1 aliphatic carbocycles. The van der Waals surface area contributed by atoms with E-state index in [1.807, 2.05) is 12.1 Å². The van der Waals surface area contributed by atoms with Crippen molar-refractivity contribution in [3.8, 4) is 0 Å². The maximum absolute atomic E-state index is 12.3. The van der Waals surface area contributed by atoms with Crippen molar-refractivity contribution in [2.45, 2.75) is 25.2 Å². The van der Waals surface area contributed by atoms with Crippen LogP contribution < -0.4 is 0 Å². The van der Waals surface area contributed by atoms with Gasteiger partial charge >= 0.3 is 5.97 Å². The Kier molecular flexibility index (Phi) is 3.89. The van der Waals surface area contributed by atoms with Crippen LogP contribution in [0.15, 0.2) is 24.3 Å². The summed E-state index contributed by atoms with van der Waals surface area (Å²) < 4.78 is 0. The highest BCUT2D eigenvalue weighted by Gasteiger charge is 2.42. The standard InChI is InChI=1S/C16H18ClNO3/c17-12-6-4-10(5-7-12)13-8-18(9-14(13)16(20)21)15(19)11-2-1-3-11/h4-7,11,13-14H,1-3,8-9H2,(H,20,21)/t13-,14+/m0/s1. The molecule has 2 aliphatic rings. The number of carboxylic acid groups (broad SMARTS) is 1. The number of benzene rings is 1. The van der Waals surface area contributed by atoms with Gasteiger partial charge in [0, 0.05) is 29.9 Å². The van der Waals surface area contributed by atoms with E-state index in [1.165, 1.54) is 0 Å². The van der Waals surface area contributed by atoms with Gasteiger partial charge in [0.05, 0.1) is 5.92 Å². The van der Waals surface area contributed by atoms with E-state index < -0.39 is 11.9 Å². The Morgan fingerprint density at radius 1 is 1.14 bits per heavy atom. The lowest BCUT2D eigenvalue weighted by atomic mass is 9.84. The summed E-state index contributed by atoms with van der Waals surface area (Å²) in [4.78, 5) is 25.6. The summed E-state index contributed by atoms with van der Waals surface area (Å²) in [6, 6.07) is 7.26. The predicted molar refractivity (Wildman–Crippen MR) is 79.2 cm³/mol. The number of halogens is 1. The quantitative estimate of drug-likeness (QED) is 0.934. The van der Waals surface area contributed by atoms with Gasteiger partial charge < -0.3 is 10.0 Å². The minimum Gasteiger partial charge on any atom is -0.481 e. The van der Waals surface area contributed by atoms with Crippen molar-refractivity contribution in [2.24, 2.45) is 11.8 Å². The summed E-state index contributed by atoms with van der Waals surface area (Å²) in [7, 11) is 0. The molecule has 21 heavy (non-hydrogen) atoms. The van der Waals surface area contributed by atoms with Gasteiger partial charge in [-0.05, 0) is 30.5 Å². The fraction of sp³-hybridized carbons (Fsp3) is 0.500. The van der Waals surface area contributed by atoms with Crippen LogP contribution in [0.4, 0.5) is 0 Å².